The van der Waals surface area contributed by atoms with E-state index in [-0.39, 0.29) is 23.4 Å². The molecule has 0 aromatic heterocycles. The highest BCUT2D eigenvalue weighted by molar-refractivity contribution is 7.89. The summed E-state index contributed by atoms with van der Waals surface area (Å²) in [5, 5.41) is 2.87. The van der Waals surface area contributed by atoms with Gasteiger partial charge in [0.2, 0.25) is 15.9 Å². The van der Waals surface area contributed by atoms with E-state index in [0.717, 1.165) is 5.56 Å². The van der Waals surface area contributed by atoms with Gasteiger partial charge in [-0.25, -0.2) is 13.2 Å². The molecule has 2 fully saturated rings. The van der Waals surface area contributed by atoms with Gasteiger partial charge in [0.25, 0.3) is 0 Å². The molecule has 0 atom stereocenters. The summed E-state index contributed by atoms with van der Waals surface area (Å²) >= 11 is 0. The van der Waals surface area contributed by atoms with Gasteiger partial charge < -0.3 is 19.7 Å². The number of piperazine rings is 1. The second-order valence-electron chi connectivity index (χ2n) is 9.18. The van der Waals surface area contributed by atoms with Crippen LogP contribution in [0.5, 0.6) is 0 Å². The second-order valence-corrected chi connectivity index (χ2v) is 11.1. The van der Waals surface area contributed by atoms with Gasteiger partial charge in [-0.1, -0.05) is 12.1 Å². The molecule has 3 rings (SSSR count). The van der Waals surface area contributed by atoms with Crippen LogP contribution >= 0.6 is 0 Å². The number of morpholine rings is 1. The first-order valence-electron chi connectivity index (χ1n) is 11.2. The highest BCUT2D eigenvalue weighted by Gasteiger charge is 2.27. The molecule has 0 aliphatic carbocycles. The van der Waals surface area contributed by atoms with Crippen molar-refractivity contribution in [1.29, 1.82) is 0 Å². The van der Waals surface area contributed by atoms with E-state index in [2.05, 4.69) is 5.32 Å². The van der Waals surface area contributed by atoms with Gasteiger partial charge >= 0.3 is 6.09 Å². The van der Waals surface area contributed by atoms with Crippen LogP contribution in [-0.2, 0) is 30.8 Å². The van der Waals surface area contributed by atoms with E-state index < -0.39 is 15.6 Å². The standard InChI is InChI=1S/C22H34N4O6S/c1-22(2,3)32-21(28)25-10-8-24(9-11-25)17-20(27)23-16-18-4-6-19(7-5-18)33(29,30)26-12-14-31-15-13-26/h4-7H,8-17H2,1-3H3,(H,23,27). The number of carbonyl (C=O) groups is 2. The quantitative estimate of drug-likeness (QED) is 0.641. The normalized spacial score (nSPS) is 18.7. The highest BCUT2D eigenvalue weighted by atomic mass is 32.2. The van der Waals surface area contributed by atoms with Crippen molar-refractivity contribution in [3.63, 3.8) is 0 Å². The molecule has 2 heterocycles. The zero-order valence-electron chi connectivity index (χ0n) is 19.6. The second kappa shape index (κ2) is 10.8. The van der Waals surface area contributed by atoms with E-state index >= 15 is 0 Å². The predicted octanol–water partition coefficient (Wildman–Crippen LogP) is 0.876. The molecule has 0 bridgehead atoms. The summed E-state index contributed by atoms with van der Waals surface area (Å²) in [4.78, 5) is 28.4. The Bertz CT molecular complexity index is 915. The van der Waals surface area contributed by atoms with Crippen molar-refractivity contribution in [2.45, 2.75) is 37.8 Å². The lowest BCUT2D eigenvalue weighted by Crippen LogP contribution is -2.52. The van der Waals surface area contributed by atoms with Crippen molar-refractivity contribution in [2.75, 3.05) is 59.0 Å². The van der Waals surface area contributed by atoms with Crippen LogP contribution in [0.25, 0.3) is 0 Å². The summed E-state index contributed by atoms with van der Waals surface area (Å²) in [6, 6.07) is 6.57. The Hall–Kier alpha value is -2.21. The fraction of sp³-hybridized carbons (Fsp3) is 0.636. The zero-order chi connectivity index (χ0) is 24.1. The number of carbonyl (C=O) groups excluding carboxylic acids is 2. The first-order valence-corrected chi connectivity index (χ1v) is 12.6. The van der Waals surface area contributed by atoms with Gasteiger partial charge in [-0.05, 0) is 38.5 Å². The maximum Gasteiger partial charge on any atom is 0.410 e. The molecular weight excluding hydrogens is 448 g/mol. The fourth-order valence-electron chi connectivity index (χ4n) is 3.59. The van der Waals surface area contributed by atoms with Crippen molar-refractivity contribution in [3.05, 3.63) is 29.8 Å². The van der Waals surface area contributed by atoms with Gasteiger partial charge in [-0.3, -0.25) is 9.69 Å². The predicted molar refractivity (Wildman–Crippen MR) is 122 cm³/mol. The molecule has 2 aliphatic heterocycles. The molecule has 184 valence electrons. The molecule has 2 amide bonds. The third kappa shape index (κ3) is 7.39. The Balaban J connectivity index is 1.42. The van der Waals surface area contributed by atoms with Gasteiger partial charge in [-0.2, -0.15) is 4.31 Å². The molecule has 0 spiro atoms. The Labute approximate surface area is 195 Å². The number of amides is 2. The lowest BCUT2D eigenvalue weighted by Gasteiger charge is -2.35. The maximum atomic E-state index is 12.7. The van der Waals surface area contributed by atoms with Crippen LogP contribution in [-0.4, -0.2) is 99.2 Å². The largest absolute Gasteiger partial charge is 0.444 e. The molecule has 1 N–H and O–H groups in total. The molecule has 1 aromatic rings. The molecule has 2 saturated heterocycles. The smallest absolute Gasteiger partial charge is 0.410 e. The summed E-state index contributed by atoms with van der Waals surface area (Å²) in [5.74, 6) is -0.120. The summed E-state index contributed by atoms with van der Waals surface area (Å²) in [5.41, 5.74) is 0.290. The van der Waals surface area contributed by atoms with Gasteiger partial charge in [-0.15, -0.1) is 0 Å². The van der Waals surface area contributed by atoms with Gasteiger partial charge in [0.1, 0.15) is 5.60 Å². The van der Waals surface area contributed by atoms with E-state index in [1.807, 2.05) is 25.7 Å². The Morgan fingerprint density at radius 3 is 2.18 bits per heavy atom. The Morgan fingerprint density at radius 2 is 1.61 bits per heavy atom. The SMILES string of the molecule is CC(C)(C)OC(=O)N1CCN(CC(=O)NCc2ccc(S(=O)(=O)N3CCOCC3)cc2)CC1. The van der Waals surface area contributed by atoms with Crippen molar-refractivity contribution in [3.8, 4) is 0 Å². The number of rotatable bonds is 6. The molecule has 2 aliphatic rings. The van der Waals surface area contributed by atoms with E-state index in [1.54, 1.807) is 29.2 Å². The van der Waals surface area contributed by atoms with Gasteiger partial charge in [0.15, 0.2) is 0 Å². The van der Waals surface area contributed by atoms with Crippen molar-refractivity contribution >= 4 is 22.0 Å². The first-order chi connectivity index (χ1) is 15.5. The summed E-state index contributed by atoms with van der Waals surface area (Å²) in [7, 11) is -3.53. The maximum absolute atomic E-state index is 12.7. The van der Waals surface area contributed by atoms with Gasteiger partial charge in [0, 0.05) is 45.8 Å². The van der Waals surface area contributed by atoms with Crippen LogP contribution < -0.4 is 5.32 Å². The molecule has 1 aromatic carbocycles. The number of ether oxygens (including phenoxy) is 2. The number of benzene rings is 1. The van der Waals surface area contributed by atoms with Crippen LogP contribution in [0.3, 0.4) is 0 Å². The zero-order valence-corrected chi connectivity index (χ0v) is 20.4. The average Bonchev–Trinajstić information content (AvgIpc) is 2.78. The minimum atomic E-state index is -3.53. The van der Waals surface area contributed by atoms with Crippen LogP contribution in [0.4, 0.5) is 4.79 Å². The lowest BCUT2D eigenvalue weighted by molar-refractivity contribution is -0.122. The van der Waals surface area contributed by atoms with Crippen molar-refractivity contribution < 1.29 is 27.5 Å². The highest BCUT2D eigenvalue weighted by Crippen LogP contribution is 2.18. The summed E-state index contributed by atoms with van der Waals surface area (Å²) in [6.45, 7) is 9.80. The van der Waals surface area contributed by atoms with Crippen LogP contribution in [0, 0.1) is 0 Å². The van der Waals surface area contributed by atoms with Crippen molar-refractivity contribution in [1.82, 2.24) is 19.4 Å². The summed E-state index contributed by atoms with van der Waals surface area (Å²) in [6.07, 6.45) is -0.328. The third-order valence-electron chi connectivity index (χ3n) is 5.41. The minimum Gasteiger partial charge on any atom is -0.444 e. The number of hydrogen-bond acceptors (Lipinski definition) is 7. The molecule has 10 nitrogen and oxygen atoms in total. The van der Waals surface area contributed by atoms with Crippen LogP contribution in [0.2, 0.25) is 0 Å². The molecule has 0 radical (unpaired) electrons. The van der Waals surface area contributed by atoms with Crippen molar-refractivity contribution in [2.24, 2.45) is 0 Å². The molecule has 33 heavy (non-hydrogen) atoms. The Kier molecular flexibility index (Phi) is 8.33. The average molecular weight is 483 g/mol. The number of sulfonamides is 1. The van der Waals surface area contributed by atoms with E-state index in [0.29, 0.717) is 59.0 Å². The third-order valence-corrected chi connectivity index (χ3v) is 7.32. The number of hydrogen-bond donors (Lipinski definition) is 1. The summed E-state index contributed by atoms with van der Waals surface area (Å²) < 4.78 is 37.4. The first kappa shape index (κ1) is 25.4. The lowest BCUT2D eigenvalue weighted by atomic mass is 10.2. The minimum absolute atomic E-state index is 0.120. The van der Waals surface area contributed by atoms with E-state index in [4.69, 9.17) is 9.47 Å². The molecule has 11 heteroatoms. The topological polar surface area (TPSA) is 108 Å². The Morgan fingerprint density at radius 1 is 1.00 bits per heavy atom. The molecule has 0 unspecified atom stereocenters. The molecular formula is C22H34N4O6S. The van der Waals surface area contributed by atoms with Crippen LogP contribution in [0.15, 0.2) is 29.2 Å². The van der Waals surface area contributed by atoms with E-state index in [9.17, 15) is 18.0 Å². The van der Waals surface area contributed by atoms with E-state index in [1.165, 1.54) is 4.31 Å². The fourth-order valence-corrected chi connectivity index (χ4v) is 5.00. The van der Waals surface area contributed by atoms with Crippen LogP contribution in [0.1, 0.15) is 26.3 Å². The van der Waals surface area contributed by atoms with Gasteiger partial charge in [0.05, 0.1) is 24.7 Å². The molecule has 0 saturated carbocycles. The monoisotopic (exact) mass is 482 g/mol. The number of nitrogens with zero attached hydrogens (tertiary/aromatic N) is 3. The number of nitrogens with one attached hydrogen (secondary N) is 1.